The highest BCUT2D eigenvalue weighted by Gasteiger charge is 2.24. The number of rotatable bonds is 11. The Morgan fingerprint density at radius 3 is 2.43 bits per heavy atom. The van der Waals surface area contributed by atoms with E-state index in [4.69, 9.17) is 14.6 Å². The molecular formula is C23H29NO4. The van der Waals surface area contributed by atoms with Crippen molar-refractivity contribution in [1.29, 1.82) is 0 Å². The maximum absolute atomic E-state index is 11.1. The number of carbonyl (C=O) groups is 1. The molecule has 28 heavy (non-hydrogen) atoms. The molecule has 1 aliphatic rings. The predicted octanol–water partition coefficient (Wildman–Crippen LogP) is 3.76. The second kappa shape index (κ2) is 10.8. The van der Waals surface area contributed by atoms with Gasteiger partial charge in [-0.05, 0) is 42.9 Å². The minimum atomic E-state index is -0.830. The standard InChI is InChI=1S/C23H29NO4/c25-23(26)18-22(24-14-6-7-15-24)28-17-16-27-21-11-5-4-10-20(21)13-12-19-8-2-1-3-9-19/h1-5,8-11,22H,6-7,12-18H2,(H,25,26). The average Bonchev–Trinajstić information content (AvgIpc) is 3.25. The van der Waals surface area contributed by atoms with Gasteiger partial charge in [0, 0.05) is 13.1 Å². The fourth-order valence-corrected chi connectivity index (χ4v) is 3.58. The number of hydrogen-bond donors (Lipinski definition) is 1. The average molecular weight is 383 g/mol. The van der Waals surface area contributed by atoms with E-state index in [1.807, 2.05) is 24.3 Å². The topological polar surface area (TPSA) is 59.0 Å². The van der Waals surface area contributed by atoms with E-state index in [0.29, 0.717) is 13.2 Å². The van der Waals surface area contributed by atoms with Crippen molar-refractivity contribution < 1.29 is 19.4 Å². The van der Waals surface area contributed by atoms with Crippen molar-refractivity contribution in [3.05, 3.63) is 65.7 Å². The molecular weight excluding hydrogens is 354 g/mol. The normalized spacial score (nSPS) is 15.4. The summed E-state index contributed by atoms with van der Waals surface area (Å²) in [7, 11) is 0. The molecule has 0 spiro atoms. The lowest BCUT2D eigenvalue weighted by Gasteiger charge is -2.26. The monoisotopic (exact) mass is 383 g/mol. The van der Waals surface area contributed by atoms with Gasteiger partial charge in [-0.2, -0.15) is 0 Å². The van der Waals surface area contributed by atoms with Gasteiger partial charge in [0.25, 0.3) is 0 Å². The molecule has 1 atom stereocenters. The van der Waals surface area contributed by atoms with E-state index in [2.05, 4.69) is 35.2 Å². The third kappa shape index (κ3) is 6.36. The zero-order chi connectivity index (χ0) is 19.6. The minimum Gasteiger partial charge on any atom is -0.491 e. The predicted molar refractivity (Wildman–Crippen MR) is 109 cm³/mol. The van der Waals surface area contributed by atoms with Crippen molar-refractivity contribution in [3.8, 4) is 5.75 Å². The maximum Gasteiger partial charge on any atom is 0.307 e. The number of nitrogens with zero attached hydrogens (tertiary/aromatic N) is 1. The smallest absolute Gasteiger partial charge is 0.307 e. The van der Waals surface area contributed by atoms with E-state index in [9.17, 15) is 4.79 Å². The summed E-state index contributed by atoms with van der Waals surface area (Å²) >= 11 is 0. The Bertz CT molecular complexity index is 728. The van der Waals surface area contributed by atoms with Gasteiger partial charge in [0.05, 0.1) is 13.0 Å². The van der Waals surface area contributed by atoms with Crippen molar-refractivity contribution >= 4 is 5.97 Å². The fourth-order valence-electron chi connectivity index (χ4n) is 3.58. The van der Waals surface area contributed by atoms with Crippen LogP contribution in [0.25, 0.3) is 0 Å². The van der Waals surface area contributed by atoms with Crippen molar-refractivity contribution in [1.82, 2.24) is 4.90 Å². The molecule has 0 aliphatic carbocycles. The van der Waals surface area contributed by atoms with Crippen LogP contribution in [0.1, 0.15) is 30.4 Å². The largest absolute Gasteiger partial charge is 0.491 e. The van der Waals surface area contributed by atoms with Crippen molar-refractivity contribution in [2.24, 2.45) is 0 Å². The highest BCUT2D eigenvalue weighted by molar-refractivity contribution is 5.67. The van der Waals surface area contributed by atoms with Crippen LogP contribution >= 0.6 is 0 Å². The molecule has 0 amide bonds. The summed E-state index contributed by atoms with van der Waals surface area (Å²) in [5, 5.41) is 9.13. The number of carboxylic acid groups (broad SMARTS) is 1. The van der Waals surface area contributed by atoms with Crippen LogP contribution in [0.15, 0.2) is 54.6 Å². The lowest BCUT2D eigenvalue weighted by Crippen LogP contribution is -2.37. The number of carboxylic acids is 1. The van der Waals surface area contributed by atoms with Crippen LogP contribution in [0.4, 0.5) is 0 Å². The van der Waals surface area contributed by atoms with Gasteiger partial charge in [-0.3, -0.25) is 9.69 Å². The second-order valence-electron chi connectivity index (χ2n) is 7.11. The summed E-state index contributed by atoms with van der Waals surface area (Å²) in [5.74, 6) is 0.0436. The lowest BCUT2D eigenvalue weighted by molar-refractivity contribution is -0.145. The summed E-state index contributed by atoms with van der Waals surface area (Å²) in [6.45, 7) is 2.59. The number of hydrogen-bond acceptors (Lipinski definition) is 4. The van der Waals surface area contributed by atoms with Crippen molar-refractivity contribution in [2.45, 2.75) is 38.3 Å². The van der Waals surface area contributed by atoms with Crippen LogP contribution in [0.5, 0.6) is 5.75 Å². The highest BCUT2D eigenvalue weighted by Crippen LogP contribution is 2.20. The third-order valence-electron chi connectivity index (χ3n) is 5.05. The number of aryl methyl sites for hydroxylation is 2. The van der Waals surface area contributed by atoms with E-state index in [1.165, 1.54) is 11.1 Å². The summed E-state index contributed by atoms with van der Waals surface area (Å²) in [4.78, 5) is 13.2. The second-order valence-corrected chi connectivity index (χ2v) is 7.11. The molecule has 1 unspecified atom stereocenters. The number of aliphatic carboxylic acids is 1. The Balaban J connectivity index is 1.48. The molecule has 1 aliphatic heterocycles. The van der Waals surface area contributed by atoms with Gasteiger partial charge in [-0.25, -0.2) is 0 Å². The lowest BCUT2D eigenvalue weighted by atomic mass is 10.0. The van der Waals surface area contributed by atoms with E-state index in [-0.39, 0.29) is 12.6 Å². The van der Waals surface area contributed by atoms with Gasteiger partial charge >= 0.3 is 5.97 Å². The number of likely N-dealkylation sites (tertiary alicyclic amines) is 1. The summed E-state index contributed by atoms with van der Waals surface area (Å²) in [6, 6.07) is 18.5. The van der Waals surface area contributed by atoms with Gasteiger partial charge in [0.1, 0.15) is 18.6 Å². The molecule has 1 N–H and O–H groups in total. The number of benzene rings is 2. The molecule has 1 heterocycles. The van der Waals surface area contributed by atoms with Crippen LogP contribution in [0.2, 0.25) is 0 Å². The van der Waals surface area contributed by atoms with Crippen LogP contribution < -0.4 is 4.74 Å². The Hall–Kier alpha value is -2.37. The fraction of sp³-hybridized carbons (Fsp3) is 0.435. The molecule has 0 bridgehead atoms. The number of ether oxygens (including phenoxy) is 2. The first-order chi connectivity index (χ1) is 13.7. The summed E-state index contributed by atoms with van der Waals surface area (Å²) < 4.78 is 11.8. The van der Waals surface area contributed by atoms with Gasteiger partial charge < -0.3 is 14.6 Å². The third-order valence-corrected chi connectivity index (χ3v) is 5.05. The Labute approximate surface area is 166 Å². The molecule has 0 aromatic heterocycles. The number of para-hydroxylation sites is 1. The summed E-state index contributed by atoms with van der Waals surface area (Å²) in [5.41, 5.74) is 2.48. The zero-order valence-electron chi connectivity index (χ0n) is 16.3. The molecule has 3 rings (SSSR count). The quantitative estimate of drug-likeness (QED) is 0.599. The van der Waals surface area contributed by atoms with Gasteiger partial charge in [0.15, 0.2) is 0 Å². The molecule has 5 heteroatoms. The first kappa shape index (κ1) is 20.4. The van der Waals surface area contributed by atoms with Gasteiger partial charge in [-0.1, -0.05) is 48.5 Å². The minimum absolute atomic E-state index is 0.00760. The van der Waals surface area contributed by atoms with Gasteiger partial charge in [0.2, 0.25) is 0 Å². The maximum atomic E-state index is 11.1. The summed E-state index contributed by atoms with van der Waals surface area (Å²) in [6.07, 6.45) is 3.73. The molecule has 0 radical (unpaired) electrons. The van der Waals surface area contributed by atoms with E-state index >= 15 is 0 Å². The first-order valence-electron chi connectivity index (χ1n) is 10.0. The van der Waals surface area contributed by atoms with Crippen LogP contribution in [-0.2, 0) is 22.4 Å². The van der Waals surface area contributed by atoms with E-state index in [1.54, 1.807) is 0 Å². The Morgan fingerprint density at radius 2 is 1.68 bits per heavy atom. The van der Waals surface area contributed by atoms with Gasteiger partial charge in [-0.15, -0.1) is 0 Å². The van der Waals surface area contributed by atoms with Crippen LogP contribution in [0, 0.1) is 0 Å². The van der Waals surface area contributed by atoms with Crippen molar-refractivity contribution in [3.63, 3.8) is 0 Å². The molecule has 1 saturated heterocycles. The molecule has 1 fully saturated rings. The molecule has 5 nitrogen and oxygen atoms in total. The SMILES string of the molecule is O=C(O)CC(OCCOc1ccccc1CCc1ccccc1)N1CCCC1. The Kier molecular flexibility index (Phi) is 7.88. The first-order valence-corrected chi connectivity index (χ1v) is 10.0. The van der Waals surface area contributed by atoms with Crippen LogP contribution in [-0.4, -0.2) is 48.5 Å². The molecule has 2 aromatic carbocycles. The Morgan fingerprint density at radius 1 is 0.964 bits per heavy atom. The van der Waals surface area contributed by atoms with E-state index in [0.717, 1.165) is 44.5 Å². The molecule has 150 valence electrons. The zero-order valence-corrected chi connectivity index (χ0v) is 16.3. The van der Waals surface area contributed by atoms with Crippen molar-refractivity contribution in [2.75, 3.05) is 26.3 Å². The highest BCUT2D eigenvalue weighted by atomic mass is 16.5. The van der Waals surface area contributed by atoms with Crippen LogP contribution in [0.3, 0.4) is 0 Å². The molecule has 2 aromatic rings. The molecule has 0 saturated carbocycles. The van der Waals surface area contributed by atoms with E-state index < -0.39 is 5.97 Å².